The monoisotopic (exact) mass is 351 g/mol. The topological polar surface area (TPSA) is 47.8 Å². The zero-order valence-corrected chi connectivity index (χ0v) is 15.4. The average molecular weight is 351 g/mol. The quantitative estimate of drug-likeness (QED) is 0.720. The summed E-state index contributed by atoms with van der Waals surface area (Å²) in [7, 11) is 3.34. The molecule has 0 bridgehead atoms. The minimum absolute atomic E-state index is 0.492. The van der Waals surface area contributed by atoms with E-state index in [-0.39, 0.29) is 0 Å². The molecule has 4 rings (SSSR count). The Balaban J connectivity index is 1.82. The number of benzene rings is 1. The molecule has 26 heavy (non-hydrogen) atoms. The summed E-state index contributed by atoms with van der Waals surface area (Å²) in [5.74, 6) is 2.58. The Kier molecular flexibility index (Phi) is 4.69. The third kappa shape index (κ3) is 3.09. The van der Waals surface area contributed by atoms with Gasteiger partial charge in [-0.15, -0.1) is 0 Å². The van der Waals surface area contributed by atoms with E-state index in [4.69, 9.17) is 14.5 Å². The Hall–Kier alpha value is -2.69. The summed E-state index contributed by atoms with van der Waals surface area (Å²) < 4.78 is 13.1. The summed E-state index contributed by atoms with van der Waals surface area (Å²) in [6.45, 7) is 0. The highest BCUT2D eigenvalue weighted by molar-refractivity contribution is 5.81. The number of aromatic nitrogens is 2. The first-order valence-corrected chi connectivity index (χ1v) is 9.26. The van der Waals surface area contributed by atoms with Crippen LogP contribution in [0, 0.1) is 0 Å². The number of methoxy groups -OCH3 is 2. The lowest BCUT2D eigenvalue weighted by atomic mass is 9.95. The number of hydrogen-bond donors (Lipinski definition) is 1. The van der Waals surface area contributed by atoms with Gasteiger partial charge in [0.05, 0.1) is 14.2 Å². The van der Waals surface area contributed by atoms with E-state index in [0.29, 0.717) is 6.04 Å². The highest BCUT2D eigenvalue weighted by Gasteiger charge is 2.21. The number of nitrogens with zero attached hydrogens (tertiary/aromatic N) is 2. The molecule has 1 fully saturated rings. The van der Waals surface area contributed by atoms with Gasteiger partial charge >= 0.3 is 0 Å². The van der Waals surface area contributed by atoms with E-state index >= 15 is 0 Å². The predicted molar refractivity (Wildman–Crippen MR) is 104 cm³/mol. The third-order valence-corrected chi connectivity index (χ3v) is 5.14. The van der Waals surface area contributed by atoms with E-state index in [9.17, 15) is 0 Å². The molecule has 0 radical (unpaired) electrons. The summed E-state index contributed by atoms with van der Waals surface area (Å²) in [5, 5.41) is 3.76. The molecule has 0 amide bonds. The Morgan fingerprint density at radius 2 is 1.88 bits per heavy atom. The van der Waals surface area contributed by atoms with E-state index in [2.05, 4.69) is 15.9 Å². The van der Waals surface area contributed by atoms with Gasteiger partial charge in [-0.3, -0.25) is 4.40 Å². The molecule has 136 valence electrons. The van der Waals surface area contributed by atoms with Crippen LogP contribution < -0.4 is 14.8 Å². The number of rotatable bonds is 5. The van der Waals surface area contributed by atoms with Gasteiger partial charge in [-0.2, -0.15) is 0 Å². The van der Waals surface area contributed by atoms with Crippen molar-refractivity contribution in [3.63, 3.8) is 0 Å². The molecule has 1 aromatic carbocycles. The van der Waals surface area contributed by atoms with Crippen LogP contribution in [0.4, 0.5) is 5.82 Å². The zero-order chi connectivity index (χ0) is 17.9. The van der Waals surface area contributed by atoms with Crippen LogP contribution in [0.15, 0.2) is 42.6 Å². The van der Waals surface area contributed by atoms with Gasteiger partial charge in [0.2, 0.25) is 0 Å². The number of imidazole rings is 1. The van der Waals surface area contributed by atoms with E-state index in [1.807, 2.05) is 36.4 Å². The van der Waals surface area contributed by atoms with Crippen LogP contribution in [0.3, 0.4) is 0 Å². The third-order valence-electron chi connectivity index (χ3n) is 5.14. The van der Waals surface area contributed by atoms with Gasteiger partial charge in [0, 0.05) is 23.9 Å². The van der Waals surface area contributed by atoms with Crippen molar-refractivity contribution in [1.82, 2.24) is 9.38 Å². The van der Waals surface area contributed by atoms with Gasteiger partial charge in [-0.1, -0.05) is 25.3 Å². The number of pyridine rings is 1. The van der Waals surface area contributed by atoms with Gasteiger partial charge in [0.1, 0.15) is 28.7 Å². The van der Waals surface area contributed by atoms with E-state index in [1.54, 1.807) is 14.2 Å². The van der Waals surface area contributed by atoms with Crippen molar-refractivity contribution >= 4 is 11.5 Å². The summed E-state index contributed by atoms with van der Waals surface area (Å²) >= 11 is 0. The van der Waals surface area contributed by atoms with Crippen LogP contribution in [-0.4, -0.2) is 29.6 Å². The highest BCUT2D eigenvalue weighted by atomic mass is 16.5. The molecule has 2 aromatic heterocycles. The first kappa shape index (κ1) is 16.8. The van der Waals surface area contributed by atoms with Crippen molar-refractivity contribution in [2.45, 2.75) is 38.1 Å². The molecule has 1 aliphatic carbocycles. The zero-order valence-electron chi connectivity index (χ0n) is 15.4. The largest absolute Gasteiger partial charge is 0.497 e. The van der Waals surface area contributed by atoms with Crippen molar-refractivity contribution in [3.8, 4) is 22.8 Å². The lowest BCUT2D eigenvalue weighted by Crippen LogP contribution is -2.23. The van der Waals surface area contributed by atoms with Crippen LogP contribution >= 0.6 is 0 Å². The van der Waals surface area contributed by atoms with Gasteiger partial charge in [-0.25, -0.2) is 4.98 Å². The molecule has 0 atom stereocenters. The Labute approximate surface area is 154 Å². The van der Waals surface area contributed by atoms with Gasteiger partial charge < -0.3 is 14.8 Å². The number of fused-ring (bicyclic) bond motifs is 1. The molecular formula is C21H25N3O2. The van der Waals surface area contributed by atoms with E-state index in [0.717, 1.165) is 34.2 Å². The minimum atomic E-state index is 0.492. The Morgan fingerprint density at radius 3 is 2.65 bits per heavy atom. The van der Waals surface area contributed by atoms with Gasteiger partial charge in [0.25, 0.3) is 0 Å². The molecule has 3 aromatic rings. The maximum atomic E-state index is 5.63. The number of nitrogens with one attached hydrogen (secondary N) is 1. The number of ether oxygens (including phenoxy) is 2. The maximum absolute atomic E-state index is 5.63. The van der Waals surface area contributed by atoms with Gasteiger partial charge in [0.15, 0.2) is 0 Å². The van der Waals surface area contributed by atoms with Crippen LogP contribution in [-0.2, 0) is 0 Å². The second kappa shape index (κ2) is 7.28. The average Bonchev–Trinajstić information content (AvgIpc) is 3.06. The van der Waals surface area contributed by atoms with Crippen molar-refractivity contribution in [2.75, 3.05) is 19.5 Å². The van der Waals surface area contributed by atoms with Crippen LogP contribution in [0.25, 0.3) is 16.9 Å². The fourth-order valence-electron chi connectivity index (χ4n) is 3.76. The molecule has 5 heteroatoms. The Morgan fingerprint density at radius 1 is 1.04 bits per heavy atom. The Bertz CT molecular complexity index is 897. The summed E-state index contributed by atoms with van der Waals surface area (Å²) in [5.41, 5.74) is 2.82. The minimum Gasteiger partial charge on any atom is -0.497 e. The van der Waals surface area contributed by atoms with E-state index in [1.165, 1.54) is 32.1 Å². The molecule has 0 saturated heterocycles. The van der Waals surface area contributed by atoms with Crippen LogP contribution in [0.2, 0.25) is 0 Å². The molecule has 1 aliphatic rings. The van der Waals surface area contributed by atoms with Crippen LogP contribution in [0.5, 0.6) is 11.5 Å². The molecule has 0 spiro atoms. The van der Waals surface area contributed by atoms with Crippen molar-refractivity contribution < 1.29 is 9.47 Å². The first-order chi connectivity index (χ1) is 12.8. The second-order valence-corrected chi connectivity index (χ2v) is 6.78. The normalized spacial score (nSPS) is 15.2. The SMILES string of the molecule is COc1ccc(-c2nc3ccccn3c2NC2CCCCC2)c(OC)c1. The number of hydrogen-bond acceptors (Lipinski definition) is 4. The molecule has 5 nitrogen and oxygen atoms in total. The summed E-state index contributed by atoms with van der Waals surface area (Å²) in [6.07, 6.45) is 8.39. The molecular weight excluding hydrogens is 326 g/mol. The first-order valence-electron chi connectivity index (χ1n) is 9.26. The molecule has 0 unspecified atom stereocenters. The molecule has 1 N–H and O–H groups in total. The lowest BCUT2D eigenvalue weighted by molar-refractivity contribution is 0.395. The number of anilines is 1. The van der Waals surface area contributed by atoms with Crippen molar-refractivity contribution in [1.29, 1.82) is 0 Å². The second-order valence-electron chi connectivity index (χ2n) is 6.78. The van der Waals surface area contributed by atoms with Crippen molar-refractivity contribution in [3.05, 3.63) is 42.6 Å². The van der Waals surface area contributed by atoms with Gasteiger partial charge in [-0.05, 0) is 37.1 Å². The van der Waals surface area contributed by atoms with Crippen LogP contribution in [0.1, 0.15) is 32.1 Å². The fraction of sp³-hybridized carbons (Fsp3) is 0.381. The maximum Gasteiger partial charge on any atom is 0.139 e. The smallest absolute Gasteiger partial charge is 0.139 e. The molecule has 2 heterocycles. The highest BCUT2D eigenvalue weighted by Crippen LogP contribution is 2.38. The standard InChI is InChI=1S/C21H25N3O2/c1-25-16-11-12-17(18(14-16)26-2)20-21(22-15-8-4-3-5-9-15)24-13-7-6-10-19(24)23-20/h6-7,10-15,22H,3-5,8-9H2,1-2H3. The fourth-order valence-corrected chi connectivity index (χ4v) is 3.76. The predicted octanol–water partition coefficient (Wildman–Crippen LogP) is 4.76. The van der Waals surface area contributed by atoms with Crippen molar-refractivity contribution in [2.24, 2.45) is 0 Å². The van der Waals surface area contributed by atoms with E-state index < -0.39 is 0 Å². The summed E-state index contributed by atoms with van der Waals surface area (Å²) in [6, 6.07) is 12.5. The molecule has 1 saturated carbocycles. The molecule has 0 aliphatic heterocycles. The summed E-state index contributed by atoms with van der Waals surface area (Å²) in [4.78, 5) is 4.89. The lowest BCUT2D eigenvalue weighted by Gasteiger charge is -2.24.